The van der Waals surface area contributed by atoms with Crippen LogP contribution in [0.5, 0.6) is 0 Å². The molecule has 0 radical (unpaired) electrons. The SMILES string of the molecule is CCCS(=O)(=O)c1cc([N+](=O)[O-])c(C(C)C)nc1Cl. The molecule has 1 heterocycles. The lowest BCUT2D eigenvalue weighted by molar-refractivity contribution is -0.386. The quantitative estimate of drug-likeness (QED) is 0.474. The van der Waals surface area contributed by atoms with E-state index >= 15 is 0 Å². The Morgan fingerprint density at radius 3 is 2.47 bits per heavy atom. The van der Waals surface area contributed by atoms with E-state index < -0.39 is 14.8 Å². The minimum absolute atomic E-state index is 0.118. The number of rotatable bonds is 5. The molecule has 0 spiro atoms. The van der Waals surface area contributed by atoms with E-state index in [0.29, 0.717) is 6.42 Å². The number of hydrogen-bond acceptors (Lipinski definition) is 5. The highest BCUT2D eigenvalue weighted by Crippen LogP contribution is 2.31. The molecule has 8 heteroatoms. The van der Waals surface area contributed by atoms with Gasteiger partial charge in [-0.2, -0.15) is 0 Å². The number of nitrogens with zero attached hydrogens (tertiary/aromatic N) is 2. The van der Waals surface area contributed by atoms with Gasteiger partial charge in [0.25, 0.3) is 5.69 Å². The molecule has 0 fully saturated rings. The van der Waals surface area contributed by atoms with Gasteiger partial charge in [-0.25, -0.2) is 13.4 Å². The summed E-state index contributed by atoms with van der Waals surface area (Å²) in [6, 6.07) is 1.01. The topological polar surface area (TPSA) is 90.2 Å². The van der Waals surface area contributed by atoms with Crippen LogP contribution in [0, 0.1) is 10.1 Å². The lowest BCUT2D eigenvalue weighted by Gasteiger charge is -2.10. The number of nitro groups is 1. The molecule has 0 atom stereocenters. The molecule has 0 N–H and O–H groups in total. The zero-order valence-corrected chi connectivity index (χ0v) is 12.5. The maximum Gasteiger partial charge on any atom is 0.292 e. The summed E-state index contributed by atoms with van der Waals surface area (Å²) >= 11 is 5.86. The maximum atomic E-state index is 12.0. The minimum Gasteiger partial charge on any atom is -0.258 e. The molecule has 6 nitrogen and oxygen atoms in total. The summed E-state index contributed by atoms with van der Waals surface area (Å²) in [6.45, 7) is 5.16. The molecule has 106 valence electrons. The van der Waals surface area contributed by atoms with Crippen molar-refractivity contribution in [1.82, 2.24) is 4.98 Å². The largest absolute Gasteiger partial charge is 0.292 e. The molecule has 1 aromatic rings. The van der Waals surface area contributed by atoms with Crippen molar-refractivity contribution in [2.24, 2.45) is 0 Å². The van der Waals surface area contributed by atoms with Gasteiger partial charge in [0.05, 0.1) is 10.7 Å². The standard InChI is InChI=1S/C11H15ClN2O4S/c1-4-5-19(17,18)9-6-8(14(15)16)10(7(2)3)13-11(9)12/h6-7H,4-5H2,1-3H3. The predicted molar refractivity (Wildman–Crippen MR) is 72.3 cm³/mol. The number of pyridine rings is 1. The van der Waals surface area contributed by atoms with Gasteiger partial charge in [0, 0.05) is 12.0 Å². The van der Waals surface area contributed by atoms with Crippen LogP contribution in [-0.4, -0.2) is 24.1 Å². The molecule has 0 amide bonds. The zero-order chi connectivity index (χ0) is 14.8. The lowest BCUT2D eigenvalue weighted by Crippen LogP contribution is -2.10. The molecule has 0 bridgehead atoms. The van der Waals surface area contributed by atoms with Crippen LogP contribution in [0.3, 0.4) is 0 Å². The second-order valence-electron chi connectivity index (χ2n) is 4.41. The van der Waals surface area contributed by atoms with Gasteiger partial charge >= 0.3 is 0 Å². The van der Waals surface area contributed by atoms with Gasteiger partial charge in [-0.05, 0) is 6.42 Å². The van der Waals surface area contributed by atoms with E-state index in [4.69, 9.17) is 11.6 Å². The van der Waals surface area contributed by atoms with Crippen LogP contribution in [0.4, 0.5) is 5.69 Å². The first-order valence-electron chi connectivity index (χ1n) is 5.78. The fourth-order valence-electron chi connectivity index (χ4n) is 1.64. The van der Waals surface area contributed by atoms with E-state index in [-0.39, 0.29) is 33.1 Å². The van der Waals surface area contributed by atoms with Crippen molar-refractivity contribution in [2.45, 2.75) is 38.0 Å². The molecule has 1 rings (SSSR count). The highest BCUT2D eigenvalue weighted by atomic mass is 35.5. The van der Waals surface area contributed by atoms with E-state index in [9.17, 15) is 18.5 Å². The highest BCUT2D eigenvalue weighted by Gasteiger charge is 2.27. The second-order valence-corrected chi connectivity index (χ2v) is 6.85. The molecule has 0 saturated carbocycles. The molecule has 0 saturated heterocycles. The van der Waals surface area contributed by atoms with Crippen LogP contribution in [0.1, 0.15) is 38.8 Å². The Kier molecular flexibility index (Phi) is 4.86. The maximum absolute atomic E-state index is 12.0. The number of halogens is 1. The van der Waals surface area contributed by atoms with Gasteiger partial charge in [-0.3, -0.25) is 10.1 Å². The van der Waals surface area contributed by atoms with E-state index in [0.717, 1.165) is 6.07 Å². The summed E-state index contributed by atoms with van der Waals surface area (Å²) in [5, 5.41) is 10.8. The van der Waals surface area contributed by atoms with Crippen LogP contribution < -0.4 is 0 Å². The van der Waals surface area contributed by atoms with Crippen molar-refractivity contribution in [1.29, 1.82) is 0 Å². The van der Waals surface area contributed by atoms with Gasteiger partial charge in [0.1, 0.15) is 15.7 Å². The Hall–Kier alpha value is -1.21. The van der Waals surface area contributed by atoms with Gasteiger partial charge < -0.3 is 0 Å². The summed E-state index contributed by atoms with van der Waals surface area (Å²) in [5.74, 6) is -0.340. The number of aromatic nitrogens is 1. The summed E-state index contributed by atoms with van der Waals surface area (Å²) < 4.78 is 23.9. The lowest BCUT2D eigenvalue weighted by atomic mass is 10.1. The summed E-state index contributed by atoms with van der Waals surface area (Å²) in [7, 11) is -3.64. The fraction of sp³-hybridized carbons (Fsp3) is 0.545. The molecule has 1 aromatic heterocycles. The van der Waals surface area contributed by atoms with Gasteiger partial charge in [0.2, 0.25) is 0 Å². The van der Waals surface area contributed by atoms with Crippen molar-refractivity contribution in [3.05, 3.63) is 27.0 Å². The molecule has 19 heavy (non-hydrogen) atoms. The van der Waals surface area contributed by atoms with Crippen molar-refractivity contribution in [3.8, 4) is 0 Å². The monoisotopic (exact) mass is 306 g/mol. The average Bonchev–Trinajstić information content (AvgIpc) is 2.27. The fourth-order valence-corrected chi connectivity index (χ4v) is 3.49. The minimum atomic E-state index is -3.64. The first-order chi connectivity index (χ1) is 8.70. The molecule has 0 aromatic carbocycles. The van der Waals surface area contributed by atoms with Crippen LogP contribution in [0.2, 0.25) is 5.15 Å². The smallest absolute Gasteiger partial charge is 0.258 e. The molecule has 0 unspecified atom stereocenters. The molecular weight excluding hydrogens is 292 g/mol. The normalized spacial score (nSPS) is 11.8. The Bertz CT molecular complexity index is 599. The van der Waals surface area contributed by atoms with Gasteiger partial charge in [-0.1, -0.05) is 32.4 Å². The molecule has 0 aliphatic heterocycles. The van der Waals surface area contributed by atoms with Gasteiger partial charge in [-0.15, -0.1) is 0 Å². The number of hydrogen-bond donors (Lipinski definition) is 0. The van der Waals surface area contributed by atoms with Crippen molar-refractivity contribution in [2.75, 3.05) is 5.75 Å². The summed E-state index contributed by atoms with van der Waals surface area (Å²) in [5.41, 5.74) is -0.125. The van der Waals surface area contributed by atoms with E-state index in [1.807, 2.05) is 0 Å². The van der Waals surface area contributed by atoms with Crippen molar-refractivity contribution < 1.29 is 13.3 Å². The van der Waals surface area contributed by atoms with Crippen molar-refractivity contribution in [3.63, 3.8) is 0 Å². The first-order valence-corrected chi connectivity index (χ1v) is 7.81. The van der Waals surface area contributed by atoms with E-state index in [1.54, 1.807) is 20.8 Å². The Morgan fingerprint density at radius 1 is 1.47 bits per heavy atom. The van der Waals surface area contributed by atoms with E-state index in [1.165, 1.54) is 0 Å². The Labute approximate surface area is 116 Å². The average molecular weight is 307 g/mol. The molecular formula is C11H15ClN2O4S. The highest BCUT2D eigenvalue weighted by molar-refractivity contribution is 7.91. The Balaban J connectivity index is 3.54. The zero-order valence-electron chi connectivity index (χ0n) is 10.9. The van der Waals surface area contributed by atoms with Crippen LogP contribution >= 0.6 is 11.6 Å². The third-order valence-electron chi connectivity index (χ3n) is 2.50. The first kappa shape index (κ1) is 15.8. The second kappa shape index (κ2) is 5.83. The van der Waals surface area contributed by atoms with Crippen molar-refractivity contribution >= 4 is 27.1 Å². The molecule has 0 aliphatic carbocycles. The predicted octanol–water partition coefficient (Wildman–Crippen LogP) is 2.95. The van der Waals surface area contributed by atoms with Crippen LogP contribution in [0.15, 0.2) is 11.0 Å². The number of sulfone groups is 1. The Morgan fingerprint density at radius 2 is 2.05 bits per heavy atom. The van der Waals surface area contributed by atoms with Crippen LogP contribution in [0.25, 0.3) is 0 Å². The van der Waals surface area contributed by atoms with Gasteiger partial charge in [0.15, 0.2) is 9.84 Å². The summed E-state index contributed by atoms with van der Waals surface area (Å²) in [6.07, 6.45) is 0.401. The summed E-state index contributed by atoms with van der Waals surface area (Å²) in [4.78, 5) is 14.0. The third-order valence-corrected chi connectivity index (χ3v) is 4.83. The van der Waals surface area contributed by atoms with Crippen LogP contribution in [-0.2, 0) is 9.84 Å². The third kappa shape index (κ3) is 3.42. The molecule has 0 aliphatic rings. The van der Waals surface area contributed by atoms with E-state index in [2.05, 4.69) is 4.98 Å².